The molecule has 0 aromatic heterocycles. The van der Waals surface area contributed by atoms with Crippen molar-refractivity contribution in [1.82, 2.24) is 10.2 Å². The molecule has 0 aliphatic carbocycles. The van der Waals surface area contributed by atoms with Gasteiger partial charge < -0.3 is 10.2 Å². The van der Waals surface area contributed by atoms with Crippen LogP contribution in [0.1, 0.15) is 48.9 Å². The lowest BCUT2D eigenvalue weighted by Gasteiger charge is -2.19. The molecule has 1 unspecified atom stereocenters. The van der Waals surface area contributed by atoms with Crippen LogP contribution in [-0.2, 0) is 4.79 Å². The van der Waals surface area contributed by atoms with Crippen LogP contribution in [0.5, 0.6) is 0 Å². The smallest absolute Gasteiger partial charge is 0.223 e. The summed E-state index contributed by atoms with van der Waals surface area (Å²) in [4.78, 5) is 14.0. The summed E-state index contributed by atoms with van der Waals surface area (Å²) in [5.41, 5.74) is 3.92. The SMILES string of the molecule is Cc1ccc(C)c(C(C)NCCC(=O)N2CCCC2)c1. The molecule has 1 aromatic rings. The number of hydrogen-bond donors (Lipinski definition) is 1. The zero-order valence-electron chi connectivity index (χ0n) is 12.9. The predicted molar refractivity (Wildman–Crippen MR) is 82.8 cm³/mol. The number of nitrogens with zero attached hydrogens (tertiary/aromatic N) is 1. The largest absolute Gasteiger partial charge is 0.343 e. The van der Waals surface area contributed by atoms with Gasteiger partial charge in [0.2, 0.25) is 5.91 Å². The topological polar surface area (TPSA) is 32.3 Å². The zero-order chi connectivity index (χ0) is 14.5. The zero-order valence-corrected chi connectivity index (χ0v) is 12.9. The van der Waals surface area contributed by atoms with Crippen molar-refractivity contribution in [2.24, 2.45) is 0 Å². The van der Waals surface area contributed by atoms with E-state index in [1.165, 1.54) is 16.7 Å². The third-order valence-electron chi connectivity index (χ3n) is 4.15. The molecule has 3 nitrogen and oxygen atoms in total. The lowest BCUT2D eigenvalue weighted by atomic mass is 10.00. The Bertz CT molecular complexity index is 464. The summed E-state index contributed by atoms with van der Waals surface area (Å²) in [6.45, 7) is 9.08. The van der Waals surface area contributed by atoms with E-state index >= 15 is 0 Å². The molecule has 3 heteroatoms. The lowest BCUT2D eigenvalue weighted by molar-refractivity contribution is -0.130. The molecule has 110 valence electrons. The maximum absolute atomic E-state index is 12.0. The quantitative estimate of drug-likeness (QED) is 0.895. The summed E-state index contributed by atoms with van der Waals surface area (Å²) in [5.74, 6) is 0.295. The van der Waals surface area contributed by atoms with Crippen molar-refractivity contribution in [3.05, 3.63) is 34.9 Å². The van der Waals surface area contributed by atoms with Crippen LogP contribution in [0.25, 0.3) is 0 Å². The lowest BCUT2D eigenvalue weighted by Crippen LogP contribution is -2.31. The molecule has 1 aromatic carbocycles. The van der Waals surface area contributed by atoms with E-state index in [4.69, 9.17) is 0 Å². The Kier molecular flexibility index (Phi) is 5.18. The first-order valence-electron chi connectivity index (χ1n) is 7.66. The Labute approximate surface area is 122 Å². The number of carbonyl (C=O) groups is 1. The highest BCUT2D eigenvalue weighted by atomic mass is 16.2. The molecule has 1 saturated heterocycles. The molecule has 0 radical (unpaired) electrons. The van der Waals surface area contributed by atoms with Gasteiger partial charge >= 0.3 is 0 Å². The van der Waals surface area contributed by atoms with Crippen molar-refractivity contribution < 1.29 is 4.79 Å². The molecule has 0 spiro atoms. The van der Waals surface area contributed by atoms with E-state index in [0.29, 0.717) is 18.4 Å². The average Bonchev–Trinajstić information content (AvgIpc) is 2.95. The summed E-state index contributed by atoms with van der Waals surface area (Å²) >= 11 is 0. The fourth-order valence-corrected chi connectivity index (χ4v) is 2.86. The average molecular weight is 274 g/mol. The highest BCUT2D eigenvalue weighted by Crippen LogP contribution is 2.18. The van der Waals surface area contributed by atoms with Gasteiger partial charge in [-0.1, -0.05) is 23.8 Å². The highest BCUT2D eigenvalue weighted by molar-refractivity contribution is 5.76. The van der Waals surface area contributed by atoms with E-state index in [0.717, 1.165) is 32.5 Å². The number of amides is 1. The van der Waals surface area contributed by atoms with Crippen molar-refractivity contribution in [2.75, 3.05) is 19.6 Å². The third-order valence-corrected chi connectivity index (χ3v) is 4.15. The Hall–Kier alpha value is -1.35. The summed E-state index contributed by atoms with van der Waals surface area (Å²) in [7, 11) is 0. The highest BCUT2D eigenvalue weighted by Gasteiger charge is 2.17. The van der Waals surface area contributed by atoms with Crippen molar-refractivity contribution >= 4 is 5.91 Å². The van der Waals surface area contributed by atoms with Gasteiger partial charge in [-0.05, 0) is 44.7 Å². The Morgan fingerprint density at radius 2 is 2.00 bits per heavy atom. The number of nitrogens with one attached hydrogen (secondary N) is 1. The standard InChI is InChI=1S/C17H26N2O/c1-13-6-7-14(2)16(12-13)15(3)18-9-8-17(20)19-10-4-5-11-19/h6-7,12,15,18H,4-5,8-11H2,1-3H3. The molecule has 1 aliphatic heterocycles. The maximum atomic E-state index is 12.0. The number of aryl methyl sites for hydroxylation is 2. The number of hydrogen-bond acceptors (Lipinski definition) is 2. The van der Waals surface area contributed by atoms with E-state index in [-0.39, 0.29) is 0 Å². The minimum absolute atomic E-state index is 0.293. The number of likely N-dealkylation sites (tertiary alicyclic amines) is 1. The van der Waals surface area contributed by atoms with Crippen molar-refractivity contribution in [3.63, 3.8) is 0 Å². The van der Waals surface area contributed by atoms with Gasteiger partial charge in [0.25, 0.3) is 0 Å². The number of carbonyl (C=O) groups excluding carboxylic acids is 1. The molecule has 1 atom stereocenters. The first-order valence-corrected chi connectivity index (χ1v) is 7.66. The Morgan fingerprint density at radius 3 is 2.70 bits per heavy atom. The minimum Gasteiger partial charge on any atom is -0.343 e. The molecular weight excluding hydrogens is 248 g/mol. The molecule has 1 fully saturated rings. The molecule has 1 heterocycles. The number of rotatable bonds is 5. The van der Waals surface area contributed by atoms with Crippen molar-refractivity contribution in [1.29, 1.82) is 0 Å². The summed E-state index contributed by atoms with van der Waals surface area (Å²) < 4.78 is 0. The molecule has 1 amide bonds. The van der Waals surface area contributed by atoms with Crippen LogP contribution in [0.4, 0.5) is 0 Å². The van der Waals surface area contributed by atoms with E-state index in [2.05, 4.69) is 44.3 Å². The number of benzene rings is 1. The van der Waals surface area contributed by atoms with Gasteiger partial charge in [0.1, 0.15) is 0 Å². The monoisotopic (exact) mass is 274 g/mol. The van der Waals surface area contributed by atoms with Crippen LogP contribution in [0, 0.1) is 13.8 Å². The van der Waals surface area contributed by atoms with Gasteiger partial charge in [0.15, 0.2) is 0 Å². The van der Waals surface area contributed by atoms with Gasteiger partial charge in [0, 0.05) is 32.1 Å². The van der Waals surface area contributed by atoms with E-state index in [9.17, 15) is 4.79 Å². The minimum atomic E-state index is 0.293. The second-order valence-corrected chi connectivity index (χ2v) is 5.87. The summed E-state index contributed by atoms with van der Waals surface area (Å²) in [6, 6.07) is 6.83. The summed E-state index contributed by atoms with van der Waals surface area (Å²) in [6.07, 6.45) is 2.94. The van der Waals surface area contributed by atoms with Crippen LogP contribution in [-0.4, -0.2) is 30.4 Å². The van der Waals surface area contributed by atoms with Crippen molar-refractivity contribution in [2.45, 2.75) is 46.1 Å². The van der Waals surface area contributed by atoms with Gasteiger partial charge in [0.05, 0.1) is 0 Å². The molecule has 1 aliphatic rings. The second kappa shape index (κ2) is 6.89. The fraction of sp³-hybridized carbons (Fsp3) is 0.588. The predicted octanol–water partition coefficient (Wildman–Crippen LogP) is 2.97. The van der Waals surface area contributed by atoms with E-state index in [1.807, 2.05) is 4.90 Å². The van der Waals surface area contributed by atoms with Crippen LogP contribution in [0.3, 0.4) is 0 Å². The Morgan fingerprint density at radius 1 is 1.30 bits per heavy atom. The van der Waals surface area contributed by atoms with Crippen LogP contribution < -0.4 is 5.32 Å². The molecule has 1 N–H and O–H groups in total. The fourth-order valence-electron chi connectivity index (χ4n) is 2.86. The normalized spacial score (nSPS) is 16.4. The van der Waals surface area contributed by atoms with Crippen LogP contribution in [0.15, 0.2) is 18.2 Å². The van der Waals surface area contributed by atoms with Gasteiger partial charge in [-0.25, -0.2) is 0 Å². The van der Waals surface area contributed by atoms with Gasteiger partial charge in [-0.3, -0.25) is 4.79 Å². The molecule has 20 heavy (non-hydrogen) atoms. The molecule has 0 saturated carbocycles. The second-order valence-electron chi connectivity index (χ2n) is 5.87. The Balaban J connectivity index is 1.81. The van der Waals surface area contributed by atoms with Crippen molar-refractivity contribution in [3.8, 4) is 0 Å². The third kappa shape index (κ3) is 3.83. The molecule has 0 bridgehead atoms. The first kappa shape index (κ1) is 15.0. The van der Waals surface area contributed by atoms with Gasteiger partial charge in [-0.2, -0.15) is 0 Å². The summed E-state index contributed by atoms with van der Waals surface area (Å²) in [5, 5.41) is 3.47. The van der Waals surface area contributed by atoms with Crippen LogP contribution in [0.2, 0.25) is 0 Å². The maximum Gasteiger partial charge on any atom is 0.223 e. The van der Waals surface area contributed by atoms with Crippen LogP contribution >= 0.6 is 0 Å². The van der Waals surface area contributed by atoms with Gasteiger partial charge in [-0.15, -0.1) is 0 Å². The molecular formula is C17H26N2O. The molecule has 2 rings (SSSR count). The van der Waals surface area contributed by atoms with E-state index < -0.39 is 0 Å². The van der Waals surface area contributed by atoms with E-state index in [1.54, 1.807) is 0 Å². The first-order chi connectivity index (χ1) is 9.58.